The van der Waals surface area contributed by atoms with Gasteiger partial charge in [-0.15, -0.1) is 0 Å². The molecule has 5 heteroatoms. The molecule has 0 aliphatic rings. The van der Waals surface area contributed by atoms with E-state index in [0.717, 1.165) is 10.9 Å². The molecule has 0 radical (unpaired) electrons. The molecule has 0 aromatic carbocycles. The van der Waals surface area contributed by atoms with Gasteiger partial charge in [-0.1, -0.05) is 18.7 Å². The number of aliphatic hydroxyl groups excluding tert-OH is 2. The summed E-state index contributed by atoms with van der Waals surface area (Å²) in [7, 11) is 1.86. The molecule has 14 heavy (non-hydrogen) atoms. The van der Waals surface area contributed by atoms with Crippen molar-refractivity contribution < 1.29 is 10.2 Å². The minimum atomic E-state index is -0.366. The van der Waals surface area contributed by atoms with E-state index in [1.54, 1.807) is 13.1 Å². The quantitative estimate of drug-likeness (QED) is 0.730. The second kappa shape index (κ2) is 4.82. The van der Waals surface area contributed by atoms with Gasteiger partial charge in [-0.25, -0.2) is 4.98 Å². The van der Waals surface area contributed by atoms with E-state index in [4.69, 9.17) is 5.11 Å². The van der Waals surface area contributed by atoms with Gasteiger partial charge < -0.3 is 14.8 Å². The Morgan fingerprint density at radius 2 is 2.21 bits per heavy atom. The number of thioether (sulfide) groups is 1. The molecule has 0 aliphatic carbocycles. The summed E-state index contributed by atoms with van der Waals surface area (Å²) in [6.07, 6.45) is 1.28. The highest BCUT2D eigenvalue weighted by atomic mass is 32.2. The van der Waals surface area contributed by atoms with Crippen LogP contribution in [0.5, 0.6) is 0 Å². The number of hydrogen-bond acceptors (Lipinski definition) is 4. The van der Waals surface area contributed by atoms with Gasteiger partial charge in [-0.3, -0.25) is 0 Å². The van der Waals surface area contributed by atoms with Gasteiger partial charge in [0.2, 0.25) is 0 Å². The van der Waals surface area contributed by atoms with E-state index in [2.05, 4.69) is 4.98 Å². The Bertz CT molecular complexity index is 299. The van der Waals surface area contributed by atoms with Crippen LogP contribution in [0.15, 0.2) is 11.4 Å². The molecule has 0 amide bonds. The second-order valence-electron chi connectivity index (χ2n) is 3.31. The summed E-state index contributed by atoms with van der Waals surface area (Å²) in [6, 6.07) is 0. The largest absolute Gasteiger partial charge is 0.392 e. The van der Waals surface area contributed by atoms with Crippen LogP contribution in [0.3, 0.4) is 0 Å². The second-order valence-corrected chi connectivity index (χ2v) is 4.66. The van der Waals surface area contributed by atoms with Crippen molar-refractivity contribution in [3.8, 4) is 0 Å². The predicted octanol–water partition coefficient (Wildman–Crippen LogP) is 0.774. The van der Waals surface area contributed by atoms with Gasteiger partial charge in [-0.05, 0) is 6.92 Å². The van der Waals surface area contributed by atoms with Crippen molar-refractivity contribution in [3.63, 3.8) is 0 Å². The highest BCUT2D eigenvalue weighted by molar-refractivity contribution is 7.99. The summed E-state index contributed by atoms with van der Waals surface area (Å²) in [5.74, 6) is 0. The Morgan fingerprint density at radius 1 is 1.57 bits per heavy atom. The summed E-state index contributed by atoms with van der Waals surface area (Å²) in [6.45, 7) is 3.70. The van der Waals surface area contributed by atoms with Gasteiger partial charge in [0.05, 0.1) is 24.6 Å². The van der Waals surface area contributed by atoms with Gasteiger partial charge in [0.1, 0.15) is 0 Å². The summed E-state index contributed by atoms with van der Waals surface area (Å²) in [4.78, 5) is 4.16. The predicted molar refractivity (Wildman–Crippen MR) is 56.1 cm³/mol. The highest BCUT2D eigenvalue weighted by Crippen LogP contribution is 2.24. The summed E-state index contributed by atoms with van der Waals surface area (Å²) in [5.41, 5.74) is 0.783. The molecule has 0 saturated carbocycles. The lowest BCUT2D eigenvalue weighted by Gasteiger charge is -2.13. The summed E-state index contributed by atoms with van der Waals surface area (Å²) in [5, 5.41) is 19.2. The molecule has 0 aliphatic heterocycles. The lowest BCUT2D eigenvalue weighted by Crippen LogP contribution is -2.15. The lowest BCUT2D eigenvalue weighted by molar-refractivity contribution is 0.196. The third-order valence-corrected chi connectivity index (χ3v) is 3.53. The Morgan fingerprint density at radius 3 is 2.64 bits per heavy atom. The van der Waals surface area contributed by atoms with E-state index in [1.165, 1.54) is 11.8 Å². The van der Waals surface area contributed by atoms with Crippen molar-refractivity contribution >= 4 is 11.8 Å². The molecule has 0 bridgehead atoms. The normalized spacial score (nSPS) is 15.5. The van der Waals surface area contributed by atoms with Crippen LogP contribution in [-0.4, -0.2) is 31.1 Å². The molecule has 2 unspecified atom stereocenters. The van der Waals surface area contributed by atoms with Crippen molar-refractivity contribution in [1.29, 1.82) is 0 Å². The average Bonchev–Trinajstić information content (AvgIpc) is 2.47. The third kappa shape index (κ3) is 2.50. The zero-order valence-electron chi connectivity index (χ0n) is 8.64. The number of aromatic nitrogens is 2. The number of rotatable bonds is 4. The first kappa shape index (κ1) is 11.6. The van der Waals surface area contributed by atoms with Crippen LogP contribution in [0.1, 0.15) is 19.5 Å². The molecule has 1 aromatic rings. The Kier molecular flexibility index (Phi) is 3.97. The van der Waals surface area contributed by atoms with Gasteiger partial charge in [0.25, 0.3) is 0 Å². The molecule has 2 atom stereocenters. The molecule has 4 nitrogen and oxygen atoms in total. The lowest BCUT2D eigenvalue weighted by atomic mass is 10.3. The van der Waals surface area contributed by atoms with E-state index >= 15 is 0 Å². The molecule has 1 rings (SSSR count). The van der Waals surface area contributed by atoms with Gasteiger partial charge in [0, 0.05) is 12.3 Å². The van der Waals surface area contributed by atoms with E-state index in [1.807, 2.05) is 18.5 Å². The first-order valence-electron chi connectivity index (χ1n) is 4.52. The van der Waals surface area contributed by atoms with Crippen molar-refractivity contribution in [1.82, 2.24) is 9.55 Å². The topological polar surface area (TPSA) is 58.3 Å². The molecule has 2 N–H and O–H groups in total. The van der Waals surface area contributed by atoms with Crippen LogP contribution in [0, 0.1) is 0 Å². The van der Waals surface area contributed by atoms with Crippen molar-refractivity contribution in [2.24, 2.45) is 7.05 Å². The van der Waals surface area contributed by atoms with Crippen LogP contribution in [-0.2, 0) is 13.7 Å². The molecule has 1 aromatic heterocycles. The first-order chi connectivity index (χ1) is 6.56. The van der Waals surface area contributed by atoms with Crippen LogP contribution >= 0.6 is 11.8 Å². The molecular weight excluding hydrogens is 200 g/mol. The van der Waals surface area contributed by atoms with E-state index in [-0.39, 0.29) is 18.0 Å². The van der Waals surface area contributed by atoms with Crippen molar-refractivity contribution in [3.05, 3.63) is 11.9 Å². The van der Waals surface area contributed by atoms with Crippen molar-refractivity contribution in [2.75, 3.05) is 0 Å². The van der Waals surface area contributed by atoms with E-state index < -0.39 is 0 Å². The Balaban J connectivity index is 2.72. The molecule has 0 spiro atoms. The van der Waals surface area contributed by atoms with E-state index in [0.29, 0.717) is 0 Å². The van der Waals surface area contributed by atoms with E-state index in [9.17, 15) is 5.11 Å². The first-order valence-corrected chi connectivity index (χ1v) is 5.40. The molecular formula is C9H16N2O2S. The fourth-order valence-electron chi connectivity index (χ4n) is 0.947. The number of hydrogen-bond donors (Lipinski definition) is 2. The maximum absolute atomic E-state index is 9.33. The fraction of sp³-hybridized carbons (Fsp3) is 0.667. The number of imidazole rings is 1. The molecule has 0 saturated heterocycles. The van der Waals surface area contributed by atoms with Gasteiger partial charge >= 0.3 is 0 Å². The van der Waals surface area contributed by atoms with Crippen LogP contribution in [0.4, 0.5) is 0 Å². The average molecular weight is 216 g/mol. The SMILES string of the molecule is CC(O)C(C)Sc1ncc(CO)n1C. The highest BCUT2D eigenvalue weighted by Gasteiger charge is 2.14. The maximum atomic E-state index is 9.33. The minimum absolute atomic E-state index is 0.00683. The minimum Gasteiger partial charge on any atom is -0.392 e. The van der Waals surface area contributed by atoms with Crippen LogP contribution < -0.4 is 0 Å². The number of aliphatic hydroxyl groups is 2. The van der Waals surface area contributed by atoms with Crippen LogP contribution in [0.25, 0.3) is 0 Å². The smallest absolute Gasteiger partial charge is 0.168 e. The third-order valence-electron chi connectivity index (χ3n) is 2.17. The summed E-state index contributed by atoms with van der Waals surface area (Å²) < 4.78 is 1.84. The zero-order chi connectivity index (χ0) is 10.7. The fourth-order valence-corrected chi connectivity index (χ4v) is 1.87. The van der Waals surface area contributed by atoms with Gasteiger partial charge in [0.15, 0.2) is 5.16 Å². The molecule has 0 fully saturated rings. The molecule has 80 valence electrons. The monoisotopic (exact) mass is 216 g/mol. The molecule has 1 heterocycles. The Hall–Kier alpha value is -0.520. The Labute approximate surface area is 88.0 Å². The maximum Gasteiger partial charge on any atom is 0.168 e. The van der Waals surface area contributed by atoms with Gasteiger partial charge in [-0.2, -0.15) is 0 Å². The van der Waals surface area contributed by atoms with Crippen LogP contribution in [0.2, 0.25) is 0 Å². The van der Waals surface area contributed by atoms with Crippen molar-refractivity contribution in [2.45, 2.75) is 37.0 Å². The number of nitrogens with zero attached hydrogens (tertiary/aromatic N) is 2. The standard InChI is InChI=1S/C9H16N2O2S/c1-6(13)7(2)14-9-10-4-8(5-12)11(9)3/h4,6-7,12-13H,5H2,1-3H3. The zero-order valence-corrected chi connectivity index (χ0v) is 9.45. The summed E-state index contributed by atoms with van der Waals surface area (Å²) >= 11 is 1.51.